The van der Waals surface area contributed by atoms with Gasteiger partial charge in [-0.25, -0.2) is 4.39 Å². The first kappa shape index (κ1) is 20.3. The number of fused-ring (bicyclic) bond motifs is 1. The van der Waals surface area contributed by atoms with Crippen molar-refractivity contribution < 1.29 is 19.3 Å². The lowest BCUT2D eigenvalue weighted by molar-refractivity contribution is -0.619. The van der Waals surface area contributed by atoms with Crippen LogP contribution in [0.1, 0.15) is 53.7 Å². The molecule has 29 heavy (non-hydrogen) atoms. The topological polar surface area (TPSA) is 70.6 Å². The minimum atomic E-state index is -0.750. The summed E-state index contributed by atoms with van der Waals surface area (Å²) >= 11 is 0. The molecule has 0 spiro atoms. The van der Waals surface area contributed by atoms with Crippen LogP contribution in [-0.4, -0.2) is 40.9 Å². The molecule has 0 saturated carbocycles. The molecule has 1 saturated heterocycles. The fourth-order valence-corrected chi connectivity index (χ4v) is 5.13. The number of aromatic nitrogens is 1. The quantitative estimate of drug-likeness (QED) is 0.472. The number of rotatable bonds is 3. The minimum Gasteiger partial charge on any atom is -0.618 e. The highest BCUT2D eigenvalue weighted by molar-refractivity contribution is 5.31. The second kappa shape index (κ2) is 8.38. The van der Waals surface area contributed by atoms with E-state index < -0.39 is 12.2 Å². The lowest BCUT2D eigenvalue weighted by Gasteiger charge is -2.38. The molecule has 6 heteroatoms. The molecular formula is C23H29FN2O3. The standard InChI is InChI=1S/C23H29FN2O3/c1-15-11-18(24)6-7-19(15)20-8-10-25(14-22(20)28)13-16-4-5-17-3-2-9-26(29)23(17)21(27)12-16/h2-3,6-7,9,11,16,20-22,27-28H,4-5,8,10,12-14H2,1H3/t16-,20-,21+,22+/m1/s1. The monoisotopic (exact) mass is 400 g/mol. The van der Waals surface area contributed by atoms with Gasteiger partial charge in [0.1, 0.15) is 11.9 Å². The molecule has 1 aliphatic carbocycles. The molecular weight excluding hydrogens is 371 g/mol. The molecule has 2 aromatic rings. The summed E-state index contributed by atoms with van der Waals surface area (Å²) in [6.07, 6.45) is 3.29. The predicted molar refractivity (Wildman–Crippen MR) is 108 cm³/mol. The Kier molecular flexibility index (Phi) is 5.86. The van der Waals surface area contributed by atoms with Crippen LogP contribution in [0.25, 0.3) is 0 Å². The van der Waals surface area contributed by atoms with E-state index in [2.05, 4.69) is 4.90 Å². The summed E-state index contributed by atoms with van der Waals surface area (Å²) in [7, 11) is 0. The predicted octanol–water partition coefficient (Wildman–Crippen LogP) is 2.60. The fourth-order valence-electron chi connectivity index (χ4n) is 5.13. The maximum absolute atomic E-state index is 13.4. The molecule has 4 rings (SSSR count). The van der Waals surface area contributed by atoms with E-state index in [1.165, 1.54) is 18.3 Å². The van der Waals surface area contributed by atoms with E-state index in [0.717, 1.165) is 53.8 Å². The number of nitrogens with zero attached hydrogens (tertiary/aromatic N) is 2. The van der Waals surface area contributed by atoms with Gasteiger partial charge in [-0.3, -0.25) is 0 Å². The van der Waals surface area contributed by atoms with E-state index in [9.17, 15) is 19.8 Å². The molecule has 0 amide bonds. The van der Waals surface area contributed by atoms with Gasteiger partial charge in [-0.15, -0.1) is 0 Å². The molecule has 1 fully saturated rings. The van der Waals surface area contributed by atoms with Gasteiger partial charge in [-0.05, 0) is 74.4 Å². The third-order valence-electron chi connectivity index (χ3n) is 6.59. The molecule has 2 aliphatic rings. The maximum Gasteiger partial charge on any atom is 0.224 e. The first-order valence-electron chi connectivity index (χ1n) is 10.5. The largest absolute Gasteiger partial charge is 0.618 e. The molecule has 156 valence electrons. The number of hydrogen-bond donors (Lipinski definition) is 2. The molecule has 2 N–H and O–H groups in total. The number of pyridine rings is 1. The number of hydrogen-bond acceptors (Lipinski definition) is 4. The van der Waals surface area contributed by atoms with E-state index in [0.29, 0.717) is 18.7 Å². The van der Waals surface area contributed by atoms with Crippen molar-refractivity contribution in [1.29, 1.82) is 0 Å². The van der Waals surface area contributed by atoms with Crippen molar-refractivity contribution >= 4 is 0 Å². The van der Waals surface area contributed by atoms with Gasteiger partial charge in [-0.1, -0.05) is 6.07 Å². The normalized spacial score (nSPS) is 28.0. The molecule has 2 heterocycles. The number of aryl methyl sites for hydroxylation is 2. The lowest BCUT2D eigenvalue weighted by Crippen LogP contribution is -2.45. The average Bonchev–Trinajstić information content (AvgIpc) is 2.82. The first-order chi connectivity index (χ1) is 13.9. The Morgan fingerprint density at radius 2 is 2.07 bits per heavy atom. The summed E-state index contributed by atoms with van der Waals surface area (Å²) in [6, 6.07) is 8.45. The van der Waals surface area contributed by atoms with Crippen LogP contribution in [0.3, 0.4) is 0 Å². The fraction of sp³-hybridized carbons (Fsp3) is 0.522. The average molecular weight is 400 g/mol. The van der Waals surface area contributed by atoms with Crippen LogP contribution in [-0.2, 0) is 6.42 Å². The van der Waals surface area contributed by atoms with Gasteiger partial charge < -0.3 is 20.3 Å². The SMILES string of the molecule is Cc1cc(F)ccc1[C@H]1CCN(C[C@@H]2CCc3ccc[n+]([O-])c3[C@@H](O)C2)C[C@@H]1O. The lowest BCUT2D eigenvalue weighted by atomic mass is 9.84. The Morgan fingerprint density at radius 1 is 1.24 bits per heavy atom. The Hall–Kier alpha value is -2.02. The highest BCUT2D eigenvalue weighted by Gasteiger charge is 2.33. The Labute approximate surface area is 171 Å². The van der Waals surface area contributed by atoms with Crippen molar-refractivity contribution in [3.63, 3.8) is 0 Å². The summed E-state index contributed by atoms with van der Waals surface area (Å²) < 4.78 is 14.2. The summed E-state index contributed by atoms with van der Waals surface area (Å²) in [6.45, 7) is 4.13. The van der Waals surface area contributed by atoms with E-state index in [-0.39, 0.29) is 17.7 Å². The van der Waals surface area contributed by atoms with Crippen molar-refractivity contribution in [2.75, 3.05) is 19.6 Å². The van der Waals surface area contributed by atoms with Crippen molar-refractivity contribution in [2.45, 2.75) is 50.7 Å². The van der Waals surface area contributed by atoms with Crippen LogP contribution >= 0.6 is 0 Å². The Balaban J connectivity index is 1.39. The zero-order valence-electron chi connectivity index (χ0n) is 16.8. The highest BCUT2D eigenvalue weighted by atomic mass is 19.1. The minimum absolute atomic E-state index is 0.0234. The van der Waals surface area contributed by atoms with E-state index >= 15 is 0 Å². The zero-order valence-corrected chi connectivity index (χ0v) is 16.8. The van der Waals surface area contributed by atoms with E-state index in [4.69, 9.17) is 0 Å². The molecule has 0 radical (unpaired) electrons. The van der Waals surface area contributed by atoms with Gasteiger partial charge in [0.05, 0.1) is 6.10 Å². The van der Waals surface area contributed by atoms with Gasteiger partial charge >= 0.3 is 0 Å². The number of aliphatic hydroxyl groups excluding tert-OH is 2. The second-order valence-corrected chi connectivity index (χ2v) is 8.62. The van der Waals surface area contributed by atoms with Crippen LogP contribution < -0.4 is 4.73 Å². The summed E-state index contributed by atoms with van der Waals surface area (Å²) in [4.78, 5) is 2.26. The van der Waals surface area contributed by atoms with Gasteiger partial charge in [0.2, 0.25) is 5.69 Å². The number of halogens is 1. The highest BCUT2D eigenvalue weighted by Crippen LogP contribution is 2.34. The molecule has 1 aliphatic heterocycles. The Morgan fingerprint density at radius 3 is 2.83 bits per heavy atom. The molecule has 5 nitrogen and oxygen atoms in total. The van der Waals surface area contributed by atoms with E-state index in [1.807, 2.05) is 13.0 Å². The van der Waals surface area contributed by atoms with Gasteiger partial charge in [0, 0.05) is 30.6 Å². The van der Waals surface area contributed by atoms with Gasteiger partial charge in [0.15, 0.2) is 6.20 Å². The van der Waals surface area contributed by atoms with Gasteiger partial charge in [-0.2, -0.15) is 4.73 Å². The smallest absolute Gasteiger partial charge is 0.224 e. The van der Waals surface area contributed by atoms with Crippen LogP contribution in [0, 0.1) is 23.9 Å². The number of β-amino-alcohol motifs (C(OH)–C–C–N with tert-alkyl or cyclic N) is 1. The molecule has 4 atom stereocenters. The van der Waals surface area contributed by atoms with Crippen molar-refractivity contribution in [3.8, 4) is 0 Å². The molecule has 0 bridgehead atoms. The summed E-state index contributed by atoms with van der Waals surface area (Å²) in [5.41, 5.74) is 3.33. The Bertz CT molecular complexity index is 875. The van der Waals surface area contributed by atoms with Crippen LogP contribution in [0.15, 0.2) is 36.5 Å². The molecule has 0 unspecified atom stereocenters. The van der Waals surface area contributed by atoms with Crippen LogP contribution in [0.5, 0.6) is 0 Å². The molecule has 1 aromatic carbocycles. The zero-order chi connectivity index (χ0) is 20.5. The third kappa shape index (κ3) is 4.29. The number of benzene rings is 1. The van der Waals surface area contributed by atoms with Crippen molar-refractivity contribution in [2.24, 2.45) is 5.92 Å². The second-order valence-electron chi connectivity index (χ2n) is 8.62. The van der Waals surface area contributed by atoms with Crippen LogP contribution in [0.4, 0.5) is 4.39 Å². The third-order valence-corrected chi connectivity index (χ3v) is 6.59. The maximum atomic E-state index is 13.4. The number of piperidine rings is 1. The molecule has 1 aromatic heterocycles. The first-order valence-corrected chi connectivity index (χ1v) is 10.5. The summed E-state index contributed by atoms with van der Waals surface area (Å²) in [5.74, 6) is 0.0504. The van der Waals surface area contributed by atoms with Gasteiger partial charge in [0.25, 0.3) is 0 Å². The van der Waals surface area contributed by atoms with Crippen LogP contribution in [0.2, 0.25) is 0 Å². The number of likely N-dealkylation sites (tertiary alicyclic amines) is 1. The number of aliphatic hydroxyl groups is 2. The van der Waals surface area contributed by atoms with Crippen molar-refractivity contribution in [3.05, 3.63) is 69.9 Å². The van der Waals surface area contributed by atoms with Crippen molar-refractivity contribution in [1.82, 2.24) is 4.90 Å². The summed E-state index contributed by atoms with van der Waals surface area (Å²) in [5, 5.41) is 33.4. The van der Waals surface area contributed by atoms with E-state index in [1.54, 1.807) is 12.1 Å².